The van der Waals surface area contributed by atoms with E-state index in [-0.39, 0.29) is 0 Å². The Morgan fingerprint density at radius 2 is 1.62 bits per heavy atom. The molecule has 5 heteroatoms. The Labute approximate surface area is 95.3 Å². The van der Waals surface area contributed by atoms with Gasteiger partial charge in [-0.25, -0.2) is 9.59 Å². The number of methoxy groups -OCH3 is 1. The van der Waals surface area contributed by atoms with Crippen molar-refractivity contribution in [1.82, 2.24) is 0 Å². The zero-order valence-corrected chi connectivity index (χ0v) is 10.1. The summed E-state index contributed by atoms with van der Waals surface area (Å²) in [5, 5.41) is 0. The van der Waals surface area contributed by atoms with Crippen molar-refractivity contribution in [1.29, 1.82) is 0 Å². The highest BCUT2D eigenvalue weighted by atomic mass is 17.2. The highest BCUT2D eigenvalue weighted by Gasteiger charge is 2.23. The first kappa shape index (κ1) is 14.6. The van der Waals surface area contributed by atoms with Gasteiger partial charge in [-0.15, -0.1) is 0 Å². The summed E-state index contributed by atoms with van der Waals surface area (Å²) in [6, 6.07) is 0. The van der Waals surface area contributed by atoms with E-state index >= 15 is 0 Å². The van der Waals surface area contributed by atoms with Gasteiger partial charge < -0.3 is 4.74 Å². The van der Waals surface area contributed by atoms with Gasteiger partial charge in [0.15, 0.2) is 0 Å². The van der Waals surface area contributed by atoms with Crippen molar-refractivity contribution in [2.24, 2.45) is 0 Å². The lowest BCUT2D eigenvalue weighted by Crippen LogP contribution is -2.28. The summed E-state index contributed by atoms with van der Waals surface area (Å²) in [5.41, 5.74) is -0.491. The average molecular weight is 230 g/mol. The van der Waals surface area contributed by atoms with Crippen LogP contribution in [0.2, 0.25) is 0 Å². The zero-order chi connectivity index (χ0) is 12.6. The van der Waals surface area contributed by atoms with E-state index in [0.29, 0.717) is 0 Å². The van der Waals surface area contributed by atoms with Crippen LogP contribution in [-0.4, -0.2) is 24.6 Å². The fourth-order valence-corrected chi connectivity index (χ4v) is 0.741. The van der Waals surface area contributed by atoms with Crippen molar-refractivity contribution < 1.29 is 24.1 Å². The molecule has 0 heterocycles. The molecule has 0 unspecified atom stereocenters. The van der Waals surface area contributed by atoms with E-state index in [4.69, 9.17) is 4.89 Å². The summed E-state index contributed by atoms with van der Waals surface area (Å²) in [6.45, 7) is 5.70. The van der Waals surface area contributed by atoms with Crippen LogP contribution in [0.15, 0.2) is 12.2 Å². The number of rotatable bonds is 6. The van der Waals surface area contributed by atoms with Crippen LogP contribution in [0.3, 0.4) is 0 Å². The Morgan fingerprint density at radius 3 is 2.06 bits per heavy atom. The maximum atomic E-state index is 11.1. The second kappa shape index (κ2) is 7.00. The minimum absolute atomic E-state index is 0.491. The Bertz CT molecular complexity index is 266. The van der Waals surface area contributed by atoms with Gasteiger partial charge in [-0.2, -0.15) is 4.89 Å². The molecular weight excluding hydrogens is 212 g/mol. The first-order valence-corrected chi connectivity index (χ1v) is 5.13. The van der Waals surface area contributed by atoms with E-state index < -0.39 is 17.5 Å². The fraction of sp³-hybridized carbons (Fsp3) is 0.636. The summed E-state index contributed by atoms with van der Waals surface area (Å²) in [4.78, 5) is 31.3. The summed E-state index contributed by atoms with van der Waals surface area (Å²) in [7, 11) is 1.22. The lowest BCUT2D eigenvalue weighted by molar-refractivity contribution is -0.327. The molecule has 0 fully saturated rings. The molecule has 0 aliphatic heterocycles. The molecule has 0 aromatic heterocycles. The number of esters is 1. The Balaban J connectivity index is 4.07. The molecule has 0 saturated heterocycles. The smallest absolute Gasteiger partial charge is 0.366 e. The van der Waals surface area contributed by atoms with Gasteiger partial charge in [0.2, 0.25) is 0 Å². The van der Waals surface area contributed by atoms with Crippen molar-refractivity contribution in [2.75, 3.05) is 7.11 Å². The van der Waals surface area contributed by atoms with Crippen molar-refractivity contribution >= 4 is 11.9 Å². The first-order chi connectivity index (χ1) is 7.47. The third-order valence-corrected chi connectivity index (χ3v) is 2.38. The second-order valence-electron chi connectivity index (χ2n) is 3.50. The van der Waals surface area contributed by atoms with Crippen LogP contribution >= 0.6 is 0 Å². The van der Waals surface area contributed by atoms with Gasteiger partial charge in [0.1, 0.15) is 5.60 Å². The molecule has 0 saturated carbocycles. The van der Waals surface area contributed by atoms with Crippen LogP contribution < -0.4 is 0 Å². The lowest BCUT2D eigenvalue weighted by atomic mass is 10.0. The summed E-state index contributed by atoms with van der Waals surface area (Å²) >= 11 is 0. The van der Waals surface area contributed by atoms with Crippen LogP contribution in [0, 0.1) is 0 Å². The van der Waals surface area contributed by atoms with E-state index in [0.717, 1.165) is 25.0 Å². The predicted octanol–water partition coefficient (Wildman–Crippen LogP) is 1.77. The fourth-order valence-electron chi connectivity index (χ4n) is 0.741. The monoisotopic (exact) mass is 230 g/mol. The van der Waals surface area contributed by atoms with Gasteiger partial charge in [-0.3, -0.25) is 4.89 Å². The van der Waals surface area contributed by atoms with Crippen molar-refractivity contribution in [2.45, 2.75) is 39.2 Å². The Kier molecular flexibility index (Phi) is 6.41. The van der Waals surface area contributed by atoms with Gasteiger partial charge in [0, 0.05) is 12.2 Å². The number of hydrogen-bond donors (Lipinski definition) is 0. The molecule has 0 spiro atoms. The van der Waals surface area contributed by atoms with Crippen LogP contribution in [0.1, 0.15) is 33.6 Å². The van der Waals surface area contributed by atoms with Gasteiger partial charge in [0.25, 0.3) is 0 Å². The maximum absolute atomic E-state index is 11.1. The molecule has 0 radical (unpaired) electrons. The topological polar surface area (TPSA) is 61.8 Å². The van der Waals surface area contributed by atoms with Crippen LogP contribution in [0.25, 0.3) is 0 Å². The predicted molar refractivity (Wildman–Crippen MR) is 57.3 cm³/mol. The van der Waals surface area contributed by atoms with E-state index in [9.17, 15) is 9.59 Å². The molecule has 0 aliphatic rings. The minimum Gasteiger partial charge on any atom is -0.466 e. The van der Waals surface area contributed by atoms with Gasteiger partial charge in [-0.05, 0) is 19.8 Å². The highest BCUT2D eigenvalue weighted by molar-refractivity contribution is 5.91. The van der Waals surface area contributed by atoms with Gasteiger partial charge in [-0.1, -0.05) is 13.8 Å². The quantitative estimate of drug-likeness (QED) is 0.301. The number of ether oxygens (including phenoxy) is 1. The van der Waals surface area contributed by atoms with E-state index in [1.54, 1.807) is 0 Å². The molecule has 0 amide bonds. The summed E-state index contributed by atoms with van der Waals surface area (Å²) in [5.74, 6) is -1.36. The lowest BCUT2D eigenvalue weighted by Gasteiger charge is -2.23. The highest BCUT2D eigenvalue weighted by Crippen LogP contribution is 2.19. The third-order valence-electron chi connectivity index (χ3n) is 2.38. The molecule has 5 nitrogen and oxygen atoms in total. The van der Waals surface area contributed by atoms with Gasteiger partial charge >= 0.3 is 11.9 Å². The van der Waals surface area contributed by atoms with E-state index in [1.807, 2.05) is 20.8 Å². The van der Waals surface area contributed by atoms with Crippen LogP contribution in [-0.2, 0) is 24.1 Å². The largest absolute Gasteiger partial charge is 0.466 e. The standard InChI is InChI=1S/C11H18O5/c1-5-11(3,6-2)16-15-10(13)8-7-9(12)14-4/h7-8H,5-6H2,1-4H3. The van der Waals surface area contributed by atoms with Crippen LogP contribution in [0.5, 0.6) is 0 Å². The molecule has 0 aliphatic carbocycles. The maximum Gasteiger partial charge on any atom is 0.366 e. The molecular formula is C11H18O5. The Hall–Kier alpha value is -1.36. The van der Waals surface area contributed by atoms with Crippen molar-refractivity contribution in [3.8, 4) is 0 Å². The second-order valence-corrected chi connectivity index (χ2v) is 3.50. The molecule has 92 valence electrons. The average Bonchev–Trinajstić information content (AvgIpc) is 2.32. The van der Waals surface area contributed by atoms with E-state index in [2.05, 4.69) is 9.62 Å². The Morgan fingerprint density at radius 1 is 1.12 bits per heavy atom. The molecule has 16 heavy (non-hydrogen) atoms. The summed E-state index contributed by atoms with van der Waals surface area (Å²) in [6.07, 6.45) is 3.37. The molecule has 0 atom stereocenters. The molecule has 0 bridgehead atoms. The normalized spacial score (nSPS) is 11.5. The minimum atomic E-state index is -0.737. The molecule has 0 aromatic carbocycles. The summed E-state index contributed by atoms with van der Waals surface area (Å²) < 4.78 is 4.31. The zero-order valence-electron chi connectivity index (χ0n) is 10.1. The molecule has 0 N–H and O–H groups in total. The SMILES string of the molecule is CCC(C)(CC)OOC(=O)C=CC(=O)OC. The number of carbonyl (C=O) groups excluding carboxylic acids is 2. The van der Waals surface area contributed by atoms with E-state index in [1.165, 1.54) is 7.11 Å². The van der Waals surface area contributed by atoms with Crippen molar-refractivity contribution in [3.63, 3.8) is 0 Å². The number of carbonyl (C=O) groups is 2. The van der Waals surface area contributed by atoms with Crippen LogP contribution in [0.4, 0.5) is 0 Å². The number of hydrogen-bond acceptors (Lipinski definition) is 5. The first-order valence-electron chi connectivity index (χ1n) is 5.13. The van der Waals surface area contributed by atoms with Crippen molar-refractivity contribution in [3.05, 3.63) is 12.2 Å². The molecule has 0 aromatic rings. The molecule has 0 rings (SSSR count). The third kappa shape index (κ3) is 5.50. The van der Waals surface area contributed by atoms with Gasteiger partial charge in [0.05, 0.1) is 7.11 Å².